The number of halogens is 1. The highest BCUT2D eigenvalue weighted by atomic mass is 35.5. The van der Waals surface area contributed by atoms with Gasteiger partial charge in [0.25, 0.3) is 0 Å². The minimum absolute atomic E-state index is 0.321. The van der Waals surface area contributed by atoms with Crippen LogP contribution in [-0.2, 0) is 4.74 Å². The van der Waals surface area contributed by atoms with E-state index in [1.54, 1.807) is 13.3 Å². The molecular weight excluding hydrogens is 200 g/mol. The van der Waals surface area contributed by atoms with Crippen molar-refractivity contribution in [3.8, 4) is 0 Å². The fourth-order valence-corrected chi connectivity index (χ4v) is 1.48. The molecule has 1 rings (SSSR count). The first kappa shape index (κ1) is 11.3. The third-order valence-corrected chi connectivity index (χ3v) is 2.41. The Kier molecular flexibility index (Phi) is 4.17. The second kappa shape index (κ2) is 5.17. The molecule has 0 fully saturated rings. The zero-order chi connectivity index (χ0) is 10.6. The molecule has 1 unspecified atom stereocenters. The van der Waals surface area contributed by atoms with Gasteiger partial charge in [-0.05, 0) is 24.0 Å². The molecule has 1 atom stereocenters. The summed E-state index contributed by atoms with van der Waals surface area (Å²) in [4.78, 5) is 4.01. The molecule has 0 saturated carbocycles. The van der Waals surface area contributed by atoms with Gasteiger partial charge in [0.15, 0.2) is 0 Å². The first-order valence-corrected chi connectivity index (χ1v) is 4.92. The zero-order valence-electron chi connectivity index (χ0n) is 8.46. The van der Waals surface area contributed by atoms with Crippen molar-refractivity contribution in [1.29, 1.82) is 0 Å². The average Bonchev–Trinajstić information content (AvgIpc) is 2.18. The SMILES string of the molecule is COCCC(C)c1cc(Cl)cnc1N. The Morgan fingerprint density at radius 3 is 3.00 bits per heavy atom. The molecule has 0 amide bonds. The summed E-state index contributed by atoms with van der Waals surface area (Å²) < 4.78 is 5.01. The maximum atomic E-state index is 5.85. The number of hydrogen-bond donors (Lipinski definition) is 1. The van der Waals surface area contributed by atoms with Gasteiger partial charge in [-0.1, -0.05) is 18.5 Å². The first-order valence-electron chi connectivity index (χ1n) is 4.55. The van der Waals surface area contributed by atoms with E-state index < -0.39 is 0 Å². The van der Waals surface area contributed by atoms with Crippen LogP contribution in [0.1, 0.15) is 24.8 Å². The van der Waals surface area contributed by atoms with Gasteiger partial charge < -0.3 is 10.5 Å². The lowest BCUT2D eigenvalue weighted by Crippen LogP contribution is -2.04. The summed E-state index contributed by atoms with van der Waals surface area (Å²) in [5.41, 5.74) is 6.75. The largest absolute Gasteiger partial charge is 0.385 e. The Morgan fingerprint density at radius 2 is 2.36 bits per heavy atom. The lowest BCUT2D eigenvalue weighted by Gasteiger charge is -2.13. The molecule has 0 aliphatic rings. The van der Waals surface area contributed by atoms with Crippen molar-refractivity contribution in [3.05, 3.63) is 22.8 Å². The van der Waals surface area contributed by atoms with Crippen LogP contribution in [0.25, 0.3) is 0 Å². The van der Waals surface area contributed by atoms with Gasteiger partial charge in [0, 0.05) is 19.9 Å². The highest BCUT2D eigenvalue weighted by Crippen LogP contribution is 2.25. The molecule has 78 valence electrons. The molecule has 0 saturated heterocycles. The molecule has 1 heterocycles. The molecule has 4 heteroatoms. The predicted molar refractivity (Wildman–Crippen MR) is 58.6 cm³/mol. The van der Waals surface area contributed by atoms with Crippen molar-refractivity contribution in [1.82, 2.24) is 4.98 Å². The molecule has 1 aromatic rings. The van der Waals surface area contributed by atoms with Gasteiger partial charge in [0.05, 0.1) is 5.02 Å². The number of methoxy groups -OCH3 is 1. The number of ether oxygens (including phenoxy) is 1. The van der Waals surface area contributed by atoms with Crippen molar-refractivity contribution in [2.45, 2.75) is 19.3 Å². The number of pyridine rings is 1. The van der Waals surface area contributed by atoms with Crippen LogP contribution < -0.4 is 5.73 Å². The topological polar surface area (TPSA) is 48.1 Å². The van der Waals surface area contributed by atoms with Crippen LogP contribution in [0, 0.1) is 0 Å². The molecule has 3 nitrogen and oxygen atoms in total. The van der Waals surface area contributed by atoms with Crippen LogP contribution >= 0.6 is 11.6 Å². The molecular formula is C10H15ClN2O. The van der Waals surface area contributed by atoms with Gasteiger partial charge >= 0.3 is 0 Å². The maximum Gasteiger partial charge on any atom is 0.126 e. The minimum atomic E-state index is 0.321. The lowest BCUT2D eigenvalue weighted by atomic mass is 9.99. The van der Waals surface area contributed by atoms with E-state index in [0.29, 0.717) is 23.4 Å². The van der Waals surface area contributed by atoms with E-state index in [4.69, 9.17) is 22.1 Å². The summed E-state index contributed by atoms with van der Waals surface area (Å²) in [6, 6.07) is 1.87. The smallest absolute Gasteiger partial charge is 0.126 e. The summed E-state index contributed by atoms with van der Waals surface area (Å²) in [6.45, 7) is 2.80. The summed E-state index contributed by atoms with van der Waals surface area (Å²) in [7, 11) is 1.69. The second-order valence-electron chi connectivity index (χ2n) is 3.31. The van der Waals surface area contributed by atoms with Gasteiger partial charge in [0.2, 0.25) is 0 Å². The van der Waals surface area contributed by atoms with Crippen molar-refractivity contribution in [2.24, 2.45) is 0 Å². The molecule has 0 aliphatic heterocycles. The van der Waals surface area contributed by atoms with E-state index in [9.17, 15) is 0 Å². The number of nitrogens with two attached hydrogens (primary N) is 1. The Labute approximate surface area is 89.2 Å². The highest BCUT2D eigenvalue weighted by molar-refractivity contribution is 6.30. The fourth-order valence-electron chi connectivity index (χ4n) is 1.31. The highest BCUT2D eigenvalue weighted by Gasteiger charge is 2.10. The quantitative estimate of drug-likeness (QED) is 0.838. The number of aromatic nitrogens is 1. The Balaban J connectivity index is 2.77. The summed E-state index contributed by atoms with van der Waals surface area (Å²) in [5.74, 6) is 0.874. The summed E-state index contributed by atoms with van der Waals surface area (Å²) in [5, 5.41) is 0.624. The van der Waals surface area contributed by atoms with Crippen molar-refractivity contribution < 1.29 is 4.74 Å². The van der Waals surface area contributed by atoms with Gasteiger partial charge in [-0.15, -0.1) is 0 Å². The normalized spacial score (nSPS) is 12.8. The summed E-state index contributed by atoms with van der Waals surface area (Å²) >= 11 is 5.85. The van der Waals surface area contributed by atoms with Crippen molar-refractivity contribution in [2.75, 3.05) is 19.5 Å². The van der Waals surface area contributed by atoms with Crippen molar-refractivity contribution >= 4 is 17.4 Å². The Bertz CT molecular complexity index is 304. The molecule has 0 spiro atoms. The Morgan fingerprint density at radius 1 is 1.64 bits per heavy atom. The number of hydrogen-bond acceptors (Lipinski definition) is 3. The Hall–Kier alpha value is -0.800. The van der Waals surface area contributed by atoms with Gasteiger partial charge in [-0.25, -0.2) is 4.98 Å². The fraction of sp³-hybridized carbons (Fsp3) is 0.500. The van der Waals surface area contributed by atoms with Crippen molar-refractivity contribution in [3.63, 3.8) is 0 Å². The number of anilines is 1. The molecule has 14 heavy (non-hydrogen) atoms. The van der Waals surface area contributed by atoms with Crippen LogP contribution in [0.4, 0.5) is 5.82 Å². The van der Waals surface area contributed by atoms with E-state index in [1.807, 2.05) is 6.07 Å². The number of nitrogens with zero attached hydrogens (tertiary/aromatic N) is 1. The van der Waals surface area contributed by atoms with Gasteiger partial charge in [-0.3, -0.25) is 0 Å². The predicted octanol–water partition coefficient (Wildman–Crippen LogP) is 2.46. The lowest BCUT2D eigenvalue weighted by molar-refractivity contribution is 0.189. The first-order chi connectivity index (χ1) is 6.65. The van der Waals surface area contributed by atoms with Crippen LogP contribution in [0.3, 0.4) is 0 Å². The van der Waals surface area contributed by atoms with Gasteiger partial charge in [0.1, 0.15) is 5.82 Å². The van der Waals surface area contributed by atoms with Crippen LogP contribution in [0.5, 0.6) is 0 Å². The van der Waals surface area contributed by atoms with Crippen LogP contribution in [-0.4, -0.2) is 18.7 Å². The van der Waals surface area contributed by atoms with E-state index in [0.717, 1.165) is 12.0 Å². The third-order valence-electron chi connectivity index (χ3n) is 2.20. The standard InChI is InChI=1S/C10H15ClN2O/c1-7(3-4-14-2)9-5-8(11)6-13-10(9)12/h5-7H,3-4H2,1-2H3,(H2,12,13). The van der Waals surface area contributed by atoms with E-state index in [2.05, 4.69) is 11.9 Å². The summed E-state index contributed by atoms with van der Waals surface area (Å²) in [6.07, 6.45) is 2.48. The molecule has 0 bridgehead atoms. The number of nitrogen functional groups attached to an aromatic ring is 1. The maximum absolute atomic E-state index is 5.85. The molecule has 0 aliphatic carbocycles. The van der Waals surface area contributed by atoms with E-state index >= 15 is 0 Å². The zero-order valence-corrected chi connectivity index (χ0v) is 9.21. The van der Waals surface area contributed by atoms with E-state index in [1.165, 1.54) is 0 Å². The molecule has 0 aromatic carbocycles. The number of rotatable bonds is 4. The molecule has 0 radical (unpaired) electrons. The van der Waals surface area contributed by atoms with Crippen LogP contribution in [0.2, 0.25) is 5.02 Å². The van der Waals surface area contributed by atoms with Gasteiger partial charge in [-0.2, -0.15) is 0 Å². The van der Waals surface area contributed by atoms with Crippen LogP contribution in [0.15, 0.2) is 12.3 Å². The monoisotopic (exact) mass is 214 g/mol. The minimum Gasteiger partial charge on any atom is -0.385 e. The van der Waals surface area contributed by atoms with E-state index in [-0.39, 0.29) is 0 Å². The third kappa shape index (κ3) is 2.86. The molecule has 2 N–H and O–H groups in total. The molecule has 1 aromatic heterocycles. The second-order valence-corrected chi connectivity index (χ2v) is 3.75. The average molecular weight is 215 g/mol.